The Labute approximate surface area is 113 Å². The molecule has 1 saturated heterocycles. The second-order valence-electron chi connectivity index (χ2n) is 5.22. The van der Waals surface area contributed by atoms with Crippen molar-refractivity contribution in [3.05, 3.63) is 42.1 Å². The predicted octanol–water partition coefficient (Wildman–Crippen LogP) is 1.89. The van der Waals surface area contributed by atoms with Gasteiger partial charge in [-0.3, -0.25) is 10.00 Å². The van der Waals surface area contributed by atoms with Crippen LogP contribution < -0.4 is 0 Å². The Morgan fingerprint density at radius 2 is 2.16 bits per heavy atom. The molecule has 3 rings (SSSR count). The summed E-state index contributed by atoms with van der Waals surface area (Å²) in [6.07, 6.45) is 1.09. The Morgan fingerprint density at radius 3 is 2.89 bits per heavy atom. The van der Waals surface area contributed by atoms with Gasteiger partial charge in [0.05, 0.1) is 5.69 Å². The number of hydrogen-bond acceptors (Lipinski definition) is 3. The maximum Gasteiger partial charge on any atom is 0.0924 e. The molecular formula is C15H19N3O. The van der Waals surface area contributed by atoms with Gasteiger partial charge in [-0.25, -0.2) is 0 Å². The summed E-state index contributed by atoms with van der Waals surface area (Å²) < 4.78 is 0. The van der Waals surface area contributed by atoms with Crippen LogP contribution in [-0.4, -0.2) is 39.9 Å². The van der Waals surface area contributed by atoms with Crippen LogP contribution in [0.2, 0.25) is 0 Å². The molecule has 1 atom stereocenters. The minimum absolute atomic E-state index is 0.300. The minimum Gasteiger partial charge on any atom is -0.396 e. The molecule has 1 aromatic heterocycles. The molecule has 0 amide bonds. The van der Waals surface area contributed by atoms with Crippen molar-refractivity contribution in [2.75, 3.05) is 19.7 Å². The molecule has 0 radical (unpaired) electrons. The third-order valence-electron chi connectivity index (χ3n) is 3.72. The van der Waals surface area contributed by atoms with Gasteiger partial charge in [0.2, 0.25) is 0 Å². The number of rotatable bonds is 4. The molecule has 1 aliphatic rings. The van der Waals surface area contributed by atoms with Gasteiger partial charge in [-0.05, 0) is 24.9 Å². The molecule has 2 aromatic rings. The van der Waals surface area contributed by atoms with E-state index in [1.807, 2.05) is 18.2 Å². The molecule has 1 unspecified atom stereocenters. The van der Waals surface area contributed by atoms with Crippen LogP contribution in [0.3, 0.4) is 0 Å². The number of benzene rings is 1. The number of nitrogens with zero attached hydrogens (tertiary/aromatic N) is 2. The van der Waals surface area contributed by atoms with Gasteiger partial charge in [0.1, 0.15) is 0 Å². The van der Waals surface area contributed by atoms with Crippen molar-refractivity contribution in [1.82, 2.24) is 15.1 Å². The Bertz CT molecular complexity index is 523. The molecule has 100 valence electrons. The summed E-state index contributed by atoms with van der Waals surface area (Å²) in [5, 5.41) is 16.6. The Morgan fingerprint density at radius 1 is 1.32 bits per heavy atom. The summed E-state index contributed by atoms with van der Waals surface area (Å²) in [4.78, 5) is 2.36. The number of aromatic nitrogens is 2. The van der Waals surface area contributed by atoms with Crippen molar-refractivity contribution in [2.45, 2.75) is 13.0 Å². The molecule has 19 heavy (non-hydrogen) atoms. The summed E-state index contributed by atoms with van der Waals surface area (Å²) in [6.45, 7) is 3.23. The Balaban J connectivity index is 1.66. The summed E-state index contributed by atoms with van der Waals surface area (Å²) in [5.41, 5.74) is 3.27. The SMILES string of the molecule is OCC1CCN(Cc2cc(-c3ccccc3)n[nH]2)C1. The third-order valence-corrected chi connectivity index (χ3v) is 3.72. The minimum atomic E-state index is 0.300. The molecule has 0 saturated carbocycles. The number of nitrogens with one attached hydrogen (secondary N) is 1. The van der Waals surface area contributed by atoms with Crippen LogP contribution >= 0.6 is 0 Å². The topological polar surface area (TPSA) is 52.1 Å². The van der Waals surface area contributed by atoms with E-state index in [0.29, 0.717) is 12.5 Å². The maximum absolute atomic E-state index is 9.16. The van der Waals surface area contributed by atoms with Gasteiger partial charge in [0.25, 0.3) is 0 Å². The maximum atomic E-state index is 9.16. The molecule has 0 aliphatic carbocycles. The van der Waals surface area contributed by atoms with Gasteiger partial charge in [-0.15, -0.1) is 0 Å². The predicted molar refractivity (Wildman–Crippen MR) is 74.5 cm³/mol. The fraction of sp³-hybridized carbons (Fsp3) is 0.400. The van der Waals surface area contributed by atoms with E-state index >= 15 is 0 Å². The molecule has 2 heterocycles. The standard InChI is InChI=1S/C15H19N3O/c19-11-12-6-7-18(9-12)10-14-8-15(17-16-14)13-4-2-1-3-5-13/h1-5,8,12,19H,6-7,9-11H2,(H,16,17). The number of H-pyrrole nitrogens is 1. The lowest BCUT2D eigenvalue weighted by atomic mass is 10.1. The summed E-state index contributed by atoms with van der Waals surface area (Å²) in [7, 11) is 0. The van der Waals surface area contributed by atoms with E-state index in [0.717, 1.165) is 43.0 Å². The zero-order chi connectivity index (χ0) is 13.1. The van der Waals surface area contributed by atoms with Gasteiger partial charge in [0.15, 0.2) is 0 Å². The van der Waals surface area contributed by atoms with Crippen molar-refractivity contribution >= 4 is 0 Å². The molecule has 1 fully saturated rings. The molecule has 4 nitrogen and oxygen atoms in total. The quantitative estimate of drug-likeness (QED) is 0.879. The van der Waals surface area contributed by atoms with Gasteiger partial charge < -0.3 is 5.11 Å². The number of likely N-dealkylation sites (tertiary alicyclic amines) is 1. The highest BCUT2D eigenvalue weighted by Crippen LogP contribution is 2.20. The van der Waals surface area contributed by atoms with Crippen LogP contribution in [0.15, 0.2) is 36.4 Å². The second-order valence-corrected chi connectivity index (χ2v) is 5.22. The number of aliphatic hydroxyl groups excluding tert-OH is 1. The van der Waals surface area contributed by atoms with E-state index in [1.165, 1.54) is 0 Å². The fourth-order valence-electron chi connectivity index (χ4n) is 2.65. The molecule has 4 heteroatoms. The fourth-order valence-corrected chi connectivity index (χ4v) is 2.65. The van der Waals surface area contributed by atoms with Gasteiger partial charge in [-0.2, -0.15) is 5.10 Å². The van der Waals surface area contributed by atoms with E-state index in [9.17, 15) is 0 Å². The lowest BCUT2D eigenvalue weighted by molar-refractivity contribution is 0.219. The van der Waals surface area contributed by atoms with Crippen LogP contribution in [-0.2, 0) is 6.54 Å². The largest absolute Gasteiger partial charge is 0.396 e. The zero-order valence-corrected chi connectivity index (χ0v) is 10.9. The third kappa shape index (κ3) is 2.85. The van der Waals surface area contributed by atoms with Crippen LogP contribution in [0.4, 0.5) is 0 Å². The first-order valence-electron chi connectivity index (χ1n) is 6.78. The van der Waals surface area contributed by atoms with E-state index in [2.05, 4.69) is 33.3 Å². The average Bonchev–Trinajstić information content (AvgIpc) is 3.09. The van der Waals surface area contributed by atoms with Crippen molar-refractivity contribution < 1.29 is 5.11 Å². The monoisotopic (exact) mass is 257 g/mol. The van der Waals surface area contributed by atoms with Crippen LogP contribution in [0.5, 0.6) is 0 Å². The molecular weight excluding hydrogens is 238 g/mol. The molecule has 2 N–H and O–H groups in total. The second kappa shape index (κ2) is 5.55. The van der Waals surface area contributed by atoms with Crippen LogP contribution in [0, 0.1) is 5.92 Å². The van der Waals surface area contributed by atoms with E-state index in [4.69, 9.17) is 5.11 Å². The lowest BCUT2D eigenvalue weighted by Gasteiger charge is -2.13. The van der Waals surface area contributed by atoms with Crippen molar-refractivity contribution in [1.29, 1.82) is 0 Å². The highest BCUT2D eigenvalue weighted by atomic mass is 16.3. The van der Waals surface area contributed by atoms with E-state index < -0.39 is 0 Å². The Kier molecular flexibility index (Phi) is 3.62. The summed E-state index contributed by atoms with van der Waals surface area (Å²) >= 11 is 0. The average molecular weight is 257 g/mol. The van der Waals surface area contributed by atoms with Crippen molar-refractivity contribution in [3.63, 3.8) is 0 Å². The van der Waals surface area contributed by atoms with Gasteiger partial charge in [-0.1, -0.05) is 30.3 Å². The number of hydrogen-bond donors (Lipinski definition) is 2. The first-order valence-corrected chi connectivity index (χ1v) is 6.78. The van der Waals surface area contributed by atoms with E-state index in [1.54, 1.807) is 0 Å². The van der Waals surface area contributed by atoms with Crippen molar-refractivity contribution in [3.8, 4) is 11.3 Å². The molecule has 1 aliphatic heterocycles. The normalized spacial score (nSPS) is 19.9. The molecule has 0 bridgehead atoms. The smallest absolute Gasteiger partial charge is 0.0924 e. The highest BCUT2D eigenvalue weighted by molar-refractivity contribution is 5.58. The van der Waals surface area contributed by atoms with Crippen molar-refractivity contribution in [2.24, 2.45) is 5.92 Å². The zero-order valence-electron chi connectivity index (χ0n) is 10.9. The summed E-state index contributed by atoms with van der Waals surface area (Å²) in [6, 6.07) is 12.3. The molecule has 1 aromatic carbocycles. The number of aliphatic hydroxyl groups is 1. The van der Waals surface area contributed by atoms with Gasteiger partial charge in [0, 0.05) is 31.0 Å². The van der Waals surface area contributed by atoms with Gasteiger partial charge >= 0.3 is 0 Å². The highest BCUT2D eigenvalue weighted by Gasteiger charge is 2.22. The molecule has 0 spiro atoms. The first-order chi connectivity index (χ1) is 9.35. The van der Waals surface area contributed by atoms with Crippen LogP contribution in [0.25, 0.3) is 11.3 Å². The first kappa shape index (κ1) is 12.4. The number of aromatic amines is 1. The summed E-state index contributed by atoms with van der Waals surface area (Å²) in [5.74, 6) is 0.441. The van der Waals surface area contributed by atoms with E-state index in [-0.39, 0.29) is 0 Å². The van der Waals surface area contributed by atoms with Crippen LogP contribution in [0.1, 0.15) is 12.1 Å². The Hall–Kier alpha value is -1.65. The lowest BCUT2D eigenvalue weighted by Crippen LogP contribution is -2.21.